The van der Waals surface area contributed by atoms with Gasteiger partial charge < -0.3 is 5.11 Å². The molecule has 0 aromatic heterocycles. The summed E-state index contributed by atoms with van der Waals surface area (Å²) in [6.07, 6.45) is 1.72. The number of thioether (sulfide) groups is 1. The average Bonchev–Trinajstić information content (AvgIpc) is 2.83. The van der Waals surface area contributed by atoms with Gasteiger partial charge in [0.25, 0.3) is 11.8 Å². The zero-order chi connectivity index (χ0) is 17.1. The third-order valence-corrected chi connectivity index (χ3v) is 4.51. The minimum atomic E-state index is -0.525. The normalized spacial score (nSPS) is 15.8. The van der Waals surface area contributed by atoms with Crippen LogP contribution in [0.1, 0.15) is 15.9 Å². The molecular formula is C17H12N2O3S2. The van der Waals surface area contributed by atoms with Crippen LogP contribution in [0.4, 0.5) is 0 Å². The van der Waals surface area contributed by atoms with Gasteiger partial charge in [-0.1, -0.05) is 48.2 Å². The lowest BCUT2D eigenvalue weighted by Gasteiger charge is -2.15. The summed E-state index contributed by atoms with van der Waals surface area (Å²) in [6, 6.07) is 15.2. The maximum absolute atomic E-state index is 12.4. The number of amides is 2. The lowest BCUT2D eigenvalue weighted by molar-refractivity contribution is -0.123. The summed E-state index contributed by atoms with van der Waals surface area (Å²) in [5.74, 6) is -0.942. The van der Waals surface area contributed by atoms with E-state index in [4.69, 9.17) is 12.2 Å². The fraction of sp³-hybridized carbons (Fsp3) is 0. The van der Waals surface area contributed by atoms with Crippen LogP contribution in [-0.4, -0.2) is 26.3 Å². The third-order valence-electron chi connectivity index (χ3n) is 3.21. The van der Waals surface area contributed by atoms with Gasteiger partial charge in [0.15, 0.2) is 4.32 Å². The van der Waals surface area contributed by atoms with Gasteiger partial charge in [-0.2, -0.15) is 5.01 Å². The highest BCUT2D eigenvalue weighted by atomic mass is 32.2. The third kappa shape index (κ3) is 3.47. The zero-order valence-electron chi connectivity index (χ0n) is 12.3. The molecule has 7 heteroatoms. The molecule has 0 saturated carbocycles. The van der Waals surface area contributed by atoms with Crippen molar-refractivity contribution in [3.8, 4) is 5.75 Å². The molecule has 2 aromatic carbocycles. The molecule has 1 heterocycles. The smallest absolute Gasteiger partial charge is 0.285 e. The number of thiocarbonyl (C=S) groups is 1. The number of hydrogen-bond donors (Lipinski definition) is 2. The van der Waals surface area contributed by atoms with Gasteiger partial charge in [0, 0.05) is 5.56 Å². The van der Waals surface area contributed by atoms with Crippen LogP contribution in [0.5, 0.6) is 5.75 Å². The van der Waals surface area contributed by atoms with Crippen LogP contribution >= 0.6 is 24.0 Å². The summed E-state index contributed by atoms with van der Waals surface area (Å²) < 4.78 is 0.246. The molecule has 1 aliphatic heterocycles. The number of hydrogen-bond acceptors (Lipinski definition) is 5. The first kappa shape index (κ1) is 16.2. The van der Waals surface area contributed by atoms with Crippen LogP contribution in [0, 0.1) is 0 Å². The molecule has 1 saturated heterocycles. The lowest BCUT2D eigenvalue weighted by atomic mass is 10.2. The van der Waals surface area contributed by atoms with Gasteiger partial charge in [-0.15, -0.1) is 0 Å². The Morgan fingerprint density at radius 3 is 2.62 bits per heavy atom. The van der Waals surface area contributed by atoms with E-state index in [9.17, 15) is 14.7 Å². The highest BCUT2D eigenvalue weighted by Gasteiger charge is 2.33. The molecule has 1 fully saturated rings. The fourth-order valence-corrected chi connectivity index (χ4v) is 3.26. The first-order valence-electron chi connectivity index (χ1n) is 6.97. The molecule has 0 unspecified atom stereocenters. The Morgan fingerprint density at radius 1 is 1.17 bits per heavy atom. The second kappa shape index (κ2) is 6.86. The van der Waals surface area contributed by atoms with Crippen LogP contribution in [0.25, 0.3) is 6.08 Å². The number of rotatable bonds is 3. The van der Waals surface area contributed by atoms with Crippen molar-refractivity contribution in [2.24, 2.45) is 0 Å². The number of carbonyl (C=O) groups is 2. The van der Waals surface area contributed by atoms with Crippen LogP contribution in [-0.2, 0) is 4.79 Å². The molecule has 2 aromatic rings. The number of nitrogens with zero attached hydrogens (tertiary/aromatic N) is 1. The van der Waals surface area contributed by atoms with E-state index in [1.807, 2.05) is 30.3 Å². The molecule has 3 rings (SSSR count). The summed E-state index contributed by atoms with van der Waals surface area (Å²) in [6.45, 7) is 0. The first-order valence-corrected chi connectivity index (χ1v) is 8.20. The summed E-state index contributed by atoms with van der Waals surface area (Å²) in [7, 11) is 0. The van der Waals surface area contributed by atoms with Crippen LogP contribution in [0.15, 0.2) is 59.5 Å². The molecule has 1 aliphatic rings. The van der Waals surface area contributed by atoms with Crippen LogP contribution < -0.4 is 5.43 Å². The fourth-order valence-electron chi connectivity index (χ4n) is 2.08. The van der Waals surface area contributed by atoms with Crippen molar-refractivity contribution in [3.63, 3.8) is 0 Å². The van der Waals surface area contributed by atoms with E-state index in [1.165, 1.54) is 18.2 Å². The van der Waals surface area contributed by atoms with Gasteiger partial charge in [0.1, 0.15) is 5.75 Å². The predicted molar refractivity (Wildman–Crippen MR) is 97.0 cm³/mol. The van der Waals surface area contributed by atoms with Crippen LogP contribution in [0.2, 0.25) is 0 Å². The van der Waals surface area contributed by atoms with Gasteiger partial charge in [-0.3, -0.25) is 15.0 Å². The summed E-state index contributed by atoms with van der Waals surface area (Å²) in [5, 5.41) is 10.5. The number of phenolic OH excluding ortho intramolecular Hbond substituents is 1. The molecule has 2 N–H and O–H groups in total. The van der Waals surface area contributed by atoms with Gasteiger partial charge in [0.05, 0.1) is 4.91 Å². The molecule has 0 atom stereocenters. The Morgan fingerprint density at radius 2 is 1.92 bits per heavy atom. The average molecular weight is 356 g/mol. The maximum Gasteiger partial charge on any atom is 0.285 e. The SMILES string of the molecule is O=C(NN1C(=O)C(=Cc2ccccc2)SC1=S)c1cccc(O)c1. The molecule has 2 amide bonds. The molecule has 120 valence electrons. The quantitative estimate of drug-likeness (QED) is 0.654. The highest BCUT2D eigenvalue weighted by molar-refractivity contribution is 8.26. The van der Waals surface area contributed by atoms with Crippen molar-refractivity contribution in [3.05, 3.63) is 70.6 Å². The summed E-state index contributed by atoms with van der Waals surface area (Å²) >= 11 is 6.29. The van der Waals surface area contributed by atoms with Crippen molar-refractivity contribution in [1.29, 1.82) is 0 Å². The number of benzene rings is 2. The lowest BCUT2D eigenvalue weighted by Crippen LogP contribution is -2.44. The largest absolute Gasteiger partial charge is 0.508 e. The highest BCUT2D eigenvalue weighted by Crippen LogP contribution is 2.31. The molecule has 0 spiro atoms. The number of phenols is 1. The van der Waals surface area contributed by atoms with Crippen molar-refractivity contribution >= 4 is 46.2 Å². The van der Waals surface area contributed by atoms with Crippen molar-refractivity contribution in [2.45, 2.75) is 0 Å². The number of nitrogens with one attached hydrogen (secondary N) is 1. The summed E-state index contributed by atoms with van der Waals surface area (Å²) in [5.41, 5.74) is 3.57. The molecule has 24 heavy (non-hydrogen) atoms. The Bertz CT molecular complexity index is 850. The van der Waals surface area contributed by atoms with Gasteiger partial charge in [-0.05, 0) is 42.1 Å². The molecular weight excluding hydrogens is 344 g/mol. The molecule has 0 radical (unpaired) electrons. The Balaban J connectivity index is 1.77. The van der Waals surface area contributed by atoms with E-state index in [0.29, 0.717) is 4.91 Å². The predicted octanol–water partition coefficient (Wildman–Crippen LogP) is 2.94. The minimum Gasteiger partial charge on any atom is -0.508 e. The van der Waals surface area contributed by atoms with Gasteiger partial charge in [-0.25, -0.2) is 0 Å². The summed E-state index contributed by atoms with van der Waals surface area (Å²) in [4.78, 5) is 25.1. The maximum atomic E-state index is 12.4. The minimum absolute atomic E-state index is 0.0305. The van der Waals surface area contributed by atoms with Crippen molar-refractivity contribution in [1.82, 2.24) is 10.4 Å². The zero-order valence-corrected chi connectivity index (χ0v) is 13.9. The van der Waals surface area contributed by atoms with Gasteiger partial charge >= 0.3 is 0 Å². The Kier molecular flexibility index (Phi) is 4.64. The van der Waals surface area contributed by atoms with Gasteiger partial charge in [0.2, 0.25) is 0 Å². The Labute approximate surface area is 147 Å². The van der Waals surface area contributed by atoms with E-state index in [-0.39, 0.29) is 21.5 Å². The van der Waals surface area contributed by atoms with E-state index < -0.39 is 5.91 Å². The first-order chi connectivity index (χ1) is 11.5. The molecule has 5 nitrogen and oxygen atoms in total. The Hall–Kier alpha value is -2.64. The van der Waals surface area contributed by atoms with E-state index in [1.54, 1.807) is 12.1 Å². The number of hydrazine groups is 1. The monoisotopic (exact) mass is 356 g/mol. The second-order valence-corrected chi connectivity index (χ2v) is 6.59. The number of carbonyl (C=O) groups excluding carboxylic acids is 2. The van der Waals surface area contributed by atoms with E-state index >= 15 is 0 Å². The topological polar surface area (TPSA) is 69.6 Å². The van der Waals surface area contributed by atoms with Crippen molar-refractivity contribution < 1.29 is 14.7 Å². The van der Waals surface area contributed by atoms with E-state index in [0.717, 1.165) is 22.3 Å². The number of aromatic hydroxyl groups is 1. The molecule has 0 bridgehead atoms. The molecule has 0 aliphatic carbocycles. The van der Waals surface area contributed by atoms with Crippen LogP contribution in [0.3, 0.4) is 0 Å². The van der Waals surface area contributed by atoms with E-state index in [2.05, 4.69) is 5.43 Å². The standard InChI is InChI=1S/C17H12N2O3S2/c20-13-8-4-7-12(10-13)15(21)18-19-16(22)14(24-17(19)23)9-11-5-2-1-3-6-11/h1-10,20H,(H,18,21). The van der Waals surface area contributed by atoms with Crippen molar-refractivity contribution in [2.75, 3.05) is 0 Å². The second-order valence-electron chi connectivity index (χ2n) is 4.92.